The highest BCUT2D eigenvalue weighted by Crippen LogP contribution is 2.04. The van der Waals surface area contributed by atoms with Gasteiger partial charge in [-0.3, -0.25) is 4.68 Å². The van der Waals surface area contributed by atoms with Crippen molar-refractivity contribution < 1.29 is 0 Å². The van der Waals surface area contributed by atoms with Crippen LogP contribution in [-0.4, -0.2) is 16.8 Å². The average molecular weight is 154 g/mol. The van der Waals surface area contributed by atoms with E-state index in [9.17, 15) is 0 Å². The molecule has 0 atom stereocenters. The Balaban J connectivity index is 2.77. The molecular formula is C7H14N4. The molecule has 3 N–H and O–H groups in total. The first-order valence-electron chi connectivity index (χ1n) is 3.74. The van der Waals surface area contributed by atoms with Gasteiger partial charge in [-0.05, 0) is 14.0 Å². The molecular weight excluding hydrogens is 140 g/mol. The van der Waals surface area contributed by atoms with Gasteiger partial charge >= 0.3 is 0 Å². The van der Waals surface area contributed by atoms with Crippen LogP contribution in [0.3, 0.4) is 0 Å². The van der Waals surface area contributed by atoms with Crippen molar-refractivity contribution in [1.29, 1.82) is 0 Å². The van der Waals surface area contributed by atoms with Crippen LogP contribution < -0.4 is 11.1 Å². The van der Waals surface area contributed by atoms with Crippen LogP contribution in [0.5, 0.6) is 0 Å². The minimum atomic E-state index is 0.734. The lowest BCUT2D eigenvalue weighted by atomic mass is 10.4. The summed E-state index contributed by atoms with van der Waals surface area (Å²) in [5, 5.41) is 7.26. The summed E-state index contributed by atoms with van der Waals surface area (Å²) in [5.41, 5.74) is 6.65. The molecule has 0 saturated carbocycles. The Morgan fingerprint density at radius 2 is 2.45 bits per heavy atom. The predicted molar refractivity (Wildman–Crippen MR) is 45.1 cm³/mol. The molecule has 4 heteroatoms. The molecule has 0 aromatic carbocycles. The van der Waals surface area contributed by atoms with Crippen LogP contribution in [0.15, 0.2) is 6.07 Å². The minimum Gasteiger partial charge on any atom is -0.384 e. The van der Waals surface area contributed by atoms with E-state index in [1.807, 2.05) is 20.0 Å². The molecule has 62 valence electrons. The van der Waals surface area contributed by atoms with Crippen molar-refractivity contribution >= 4 is 5.82 Å². The van der Waals surface area contributed by atoms with Gasteiger partial charge in [0.25, 0.3) is 0 Å². The lowest BCUT2D eigenvalue weighted by Crippen LogP contribution is -2.06. The van der Waals surface area contributed by atoms with E-state index in [1.54, 1.807) is 4.68 Å². The quantitative estimate of drug-likeness (QED) is 0.654. The van der Waals surface area contributed by atoms with Gasteiger partial charge in [-0.1, -0.05) is 0 Å². The van der Waals surface area contributed by atoms with Gasteiger partial charge in [0, 0.05) is 19.2 Å². The smallest absolute Gasteiger partial charge is 0.121 e. The summed E-state index contributed by atoms with van der Waals surface area (Å²) in [6.07, 6.45) is 0. The van der Waals surface area contributed by atoms with Crippen LogP contribution in [0.2, 0.25) is 0 Å². The van der Waals surface area contributed by atoms with Gasteiger partial charge < -0.3 is 11.1 Å². The molecule has 0 radical (unpaired) electrons. The van der Waals surface area contributed by atoms with Crippen molar-refractivity contribution in [3.63, 3.8) is 0 Å². The van der Waals surface area contributed by atoms with Crippen LogP contribution in [0.1, 0.15) is 12.6 Å². The molecule has 1 heterocycles. The molecule has 1 aromatic rings. The third-order valence-electron chi connectivity index (χ3n) is 1.52. The maximum atomic E-state index is 5.65. The van der Waals surface area contributed by atoms with Gasteiger partial charge in [-0.15, -0.1) is 0 Å². The standard InChI is InChI=1S/C7H14N4/c1-3-11-7(8)4-6(10-11)5-9-2/h4,9H,3,5,8H2,1-2H3. The molecule has 0 aliphatic rings. The van der Waals surface area contributed by atoms with E-state index < -0.39 is 0 Å². The highest BCUT2D eigenvalue weighted by atomic mass is 15.3. The second kappa shape index (κ2) is 3.39. The number of nitrogens with one attached hydrogen (secondary N) is 1. The second-order valence-corrected chi connectivity index (χ2v) is 2.41. The number of hydrogen-bond donors (Lipinski definition) is 2. The van der Waals surface area contributed by atoms with Crippen LogP contribution in [0.25, 0.3) is 0 Å². The SMILES string of the molecule is CCn1nc(CNC)cc1N. The minimum absolute atomic E-state index is 0.734. The van der Waals surface area contributed by atoms with Gasteiger partial charge in [-0.2, -0.15) is 5.10 Å². The van der Waals surface area contributed by atoms with Crippen molar-refractivity contribution in [3.05, 3.63) is 11.8 Å². The molecule has 4 nitrogen and oxygen atoms in total. The third kappa shape index (κ3) is 1.71. The Kier molecular flexibility index (Phi) is 2.48. The number of nitrogen functional groups attached to an aromatic ring is 1. The number of aryl methyl sites for hydroxylation is 1. The molecule has 0 bridgehead atoms. The summed E-state index contributed by atoms with van der Waals surface area (Å²) in [6.45, 7) is 3.62. The number of nitrogens with two attached hydrogens (primary N) is 1. The maximum absolute atomic E-state index is 5.65. The first-order chi connectivity index (χ1) is 5.27. The Hall–Kier alpha value is -1.03. The summed E-state index contributed by atoms with van der Waals surface area (Å²) in [6, 6.07) is 1.89. The molecule has 1 aromatic heterocycles. The number of hydrogen-bond acceptors (Lipinski definition) is 3. The van der Waals surface area contributed by atoms with Crippen molar-refractivity contribution in [2.24, 2.45) is 0 Å². The highest BCUT2D eigenvalue weighted by Gasteiger charge is 2.00. The molecule has 0 fully saturated rings. The molecule has 0 spiro atoms. The zero-order valence-corrected chi connectivity index (χ0v) is 6.96. The number of rotatable bonds is 3. The van der Waals surface area contributed by atoms with E-state index in [4.69, 9.17) is 5.73 Å². The van der Waals surface area contributed by atoms with Crippen molar-refractivity contribution in [2.75, 3.05) is 12.8 Å². The lowest BCUT2D eigenvalue weighted by molar-refractivity contribution is 0.645. The van der Waals surface area contributed by atoms with Gasteiger partial charge in [0.1, 0.15) is 5.82 Å². The monoisotopic (exact) mass is 154 g/mol. The Bertz CT molecular complexity index is 228. The highest BCUT2D eigenvalue weighted by molar-refractivity contribution is 5.30. The van der Waals surface area contributed by atoms with E-state index in [1.165, 1.54) is 0 Å². The van der Waals surface area contributed by atoms with Crippen molar-refractivity contribution in [3.8, 4) is 0 Å². The van der Waals surface area contributed by atoms with Crippen LogP contribution in [-0.2, 0) is 13.1 Å². The third-order valence-corrected chi connectivity index (χ3v) is 1.52. The zero-order chi connectivity index (χ0) is 8.27. The Morgan fingerprint density at radius 1 is 1.73 bits per heavy atom. The largest absolute Gasteiger partial charge is 0.384 e. The molecule has 1 rings (SSSR count). The molecule has 11 heavy (non-hydrogen) atoms. The van der Waals surface area contributed by atoms with E-state index >= 15 is 0 Å². The van der Waals surface area contributed by atoms with Crippen molar-refractivity contribution in [2.45, 2.75) is 20.0 Å². The van der Waals surface area contributed by atoms with Gasteiger partial charge in [-0.25, -0.2) is 0 Å². The fourth-order valence-corrected chi connectivity index (χ4v) is 1.01. The maximum Gasteiger partial charge on any atom is 0.121 e. The molecule has 0 unspecified atom stereocenters. The van der Waals surface area contributed by atoms with Gasteiger partial charge in [0.05, 0.1) is 5.69 Å². The van der Waals surface area contributed by atoms with Crippen LogP contribution in [0.4, 0.5) is 5.82 Å². The molecule has 0 amide bonds. The number of nitrogens with zero attached hydrogens (tertiary/aromatic N) is 2. The Morgan fingerprint density at radius 3 is 2.91 bits per heavy atom. The number of anilines is 1. The van der Waals surface area contributed by atoms with E-state index in [0.717, 1.165) is 24.6 Å². The lowest BCUT2D eigenvalue weighted by Gasteiger charge is -1.96. The van der Waals surface area contributed by atoms with Gasteiger partial charge in [0.2, 0.25) is 0 Å². The van der Waals surface area contributed by atoms with E-state index in [0.29, 0.717) is 0 Å². The predicted octanol–water partition coefficient (Wildman–Crippen LogP) is 0.205. The van der Waals surface area contributed by atoms with Gasteiger partial charge in [0.15, 0.2) is 0 Å². The van der Waals surface area contributed by atoms with E-state index in [2.05, 4.69) is 10.4 Å². The van der Waals surface area contributed by atoms with Crippen LogP contribution in [0, 0.1) is 0 Å². The van der Waals surface area contributed by atoms with E-state index in [-0.39, 0.29) is 0 Å². The summed E-state index contributed by atoms with van der Waals surface area (Å²) in [4.78, 5) is 0. The topological polar surface area (TPSA) is 55.9 Å². The molecule has 0 aliphatic carbocycles. The number of aromatic nitrogens is 2. The summed E-state index contributed by atoms with van der Waals surface area (Å²) in [5.74, 6) is 0.734. The summed E-state index contributed by atoms with van der Waals surface area (Å²) >= 11 is 0. The first-order valence-corrected chi connectivity index (χ1v) is 3.74. The molecule has 0 saturated heterocycles. The molecule has 0 aliphatic heterocycles. The second-order valence-electron chi connectivity index (χ2n) is 2.41. The fourth-order valence-electron chi connectivity index (χ4n) is 1.01. The normalized spacial score (nSPS) is 10.4. The summed E-state index contributed by atoms with van der Waals surface area (Å²) in [7, 11) is 1.89. The zero-order valence-electron chi connectivity index (χ0n) is 6.96. The van der Waals surface area contributed by atoms with Crippen molar-refractivity contribution in [1.82, 2.24) is 15.1 Å². The van der Waals surface area contributed by atoms with Crippen LogP contribution >= 0.6 is 0 Å². The Labute approximate surface area is 66.4 Å². The first kappa shape index (κ1) is 8.07. The fraction of sp³-hybridized carbons (Fsp3) is 0.571. The average Bonchev–Trinajstić information content (AvgIpc) is 2.32. The summed E-state index contributed by atoms with van der Waals surface area (Å²) < 4.78 is 1.78.